The molecule has 0 saturated heterocycles. The van der Waals surface area contributed by atoms with E-state index in [1.165, 1.54) is 16.9 Å². The molecule has 1 aliphatic heterocycles. The molecule has 0 fully saturated rings. The molecule has 3 heterocycles. The first-order chi connectivity index (χ1) is 20.3. The molecule has 6 nitrogen and oxygen atoms in total. The minimum atomic E-state index is -0.622. The number of carbonyl (C=O) groups excluding carboxylic acids is 1. The van der Waals surface area contributed by atoms with Gasteiger partial charge in [-0.05, 0) is 63.1 Å². The lowest BCUT2D eigenvalue weighted by molar-refractivity contribution is -0.139. The highest BCUT2D eigenvalue weighted by molar-refractivity contribution is 9.10. The molecule has 8 heteroatoms. The van der Waals surface area contributed by atoms with E-state index in [0.717, 1.165) is 37.8 Å². The van der Waals surface area contributed by atoms with Gasteiger partial charge in [0.05, 0.1) is 28.5 Å². The molecular formula is C34H30BrN3O3S. The highest BCUT2D eigenvalue weighted by Crippen LogP contribution is 2.31. The van der Waals surface area contributed by atoms with Crippen LogP contribution in [0.5, 0.6) is 0 Å². The Bertz CT molecular complexity index is 2050. The number of para-hydroxylation sites is 1. The van der Waals surface area contributed by atoms with E-state index >= 15 is 0 Å². The number of aromatic nitrogens is 2. The first-order valence-electron chi connectivity index (χ1n) is 13.8. The van der Waals surface area contributed by atoms with Gasteiger partial charge in [-0.15, -0.1) is 0 Å². The Morgan fingerprint density at radius 1 is 1.02 bits per heavy atom. The average molecular weight is 641 g/mol. The molecule has 0 radical (unpaired) electrons. The van der Waals surface area contributed by atoms with Gasteiger partial charge < -0.3 is 9.30 Å². The Kier molecular flexibility index (Phi) is 7.60. The number of benzene rings is 3. The average Bonchev–Trinajstić information content (AvgIpc) is 3.42. The van der Waals surface area contributed by atoms with Crippen molar-refractivity contribution in [3.63, 3.8) is 0 Å². The molecule has 0 spiro atoms. The summed E-state index contributed by atoms with van der Waals surface area (Å²) in [6.07, 6.45) is 1.98. The van der Waals surface area contributed by atoms with E-state index in [4.69, 9.17) is 9.73 Å². The maximum absolute atomic E-state index is 14.2. The first kappa shape index (κ1) is 28.1. The van der Waals surface area contributed by atoms with Crippen molar-refractivity contribution in [2.24, 2.45) is 4.99 Å². The SMILES string of the molecule is CCOC(=O)C1=C(C)N=c2s/c(=C/c3c(C)n(Cc4ccc(Br)cc4)c4ccccc34)c(=O)n2[C@H]1c1ccc(C)cc1. The number of fused-ring (bicyclic) bond motifs is 2. The Hall–Kier alpha value is -4.01. The number of aryl methyl sites for hydroxylation is 1. The van der Waals surface area contributed by atoms with Gasteiger partial charge in [0.2, 0.25) is 0 Å². The number of halogens is 1. The van der Waals surface area contributed by atoms with Crippen LogP contribution in [-0.4, -0.2) is 21.7 Å². The van der Waals surface area contributed by atoms with E-state index in [-0.39, 0.29) is 12.2 Å². The smallest absolute Gasteiger partial charge is 0.338 e. The molecule has 212 valence electrons. The zero-order valence-electron chi connectivity index (χ0n) is 23.8. The van der Waals surface area contributed by atoms with Crippen LogP contribution in [0.4, 0.5) is 0 Å². The van der Waals surface area contributed by atoms with Gasteiger partial charge in [0.1, 0.15) is 0 Å². The standard InChI is InChI=1S/C34H30BrN3O3S/c1-5-41-33(40)30-21(3)36-34-38(31(30)24-14-10-20(2)11-15-24)32(39)29(42-34)18-27-22(4)37(28-9-7-6-8-26(27)28)19-23-12-16-25(35)17-13-23/h6-18,31H,5,19H2,1-4H3/b29-18+/t31-/m0/s1. The van der Waals surface area contributed by atoms with Crippen LogP contribution in [0, 0.1) is 13.8 Å². The topological polar surface area (TPSA) is 65.6 Å². The summed E-state index contributed by atoms with van der Waals surface area (Å²) in [6.45, 7) is 8.65. The fourth-order valence-electron chi connectivity index (χ4n) is 5.60. The number of thiazole rings is 1. The van der Waals surface area contributed by atoms with Crippen LogP contribution in [0.3, 0.4) is 0 Å². The molecule has 5 aromatic rings. The third kappa shape index (κ3) is 4.99. The molecule has 42 heavy (non-hydrogen) atoms. The van der Waals surface area contributed by atoms with E-state index in [2.05, 4.69) is 63.8 Å². The van der Waals surface area contributed by atoms with Crippen LogP contribution in [-0.2, 0) is 16.1 Å². The van der Waals surface area contributed by atoms with Crippen LogP contribution < -0.4 is 14.9 Å². The highest BCUT2D eigenvalue weighted by Gasteiger charge is 2.33. The molecule has 0 unspecified atom stereocenters. The number of allylic oxidation sites excluding steroid dienone is 1. The number of rotatable bonds is 6. The minimum Gasteiger partial charge on any atom is -0.463 e. The summed E-state index contributed by atoms with van der Waals surface area (Å²) in [6, 6.07) is 23.9. The van der Waals surface area contributed by atoms with Gasteiger partial charge in [-0.2, -0.15) is 0 Å². The first-order valence-corrected chi connectivity index (χ1v) is 15.5. The minimum absolute atomic E-state index is 0.178. The van der Waals surface area contributed by atoms with Crippen LogP contribution >= 0.6 is 27.3 Å². The van der Waals surface area contributed by atoms with E-state index in [1.54, 1.807) is 11.5 Å². The Morgan fingerprint density at radius 3 is 2.45 bits per heavy atom. The molecule has 0 saturated carbocycles. The summed E-state index contributed by atoms with van der Waals surface area (Å²) in [7, 11) is 0. The molecule has 3 aromatic carbocycles. The summed E-state index contributed by atoms with van der Waals surface area (Å²) >= 11 is 4.87. The normalized spacial score (nSPS) is 15.2. The molecule has 0 bridgehead atoms. The van der Waals surface area contributed by atoms with E-state index < -0.39 is 12.0 Å². The van der Waals surface area contributed by atoms with Gasteiger partial charge in [-0.3, -0.25) is 9.36 Å². The van der Waals surface area contributed by atoms with Gasteiger partial charge in [-0.1, -0.05) is 87.4 Å². The fourth-order valence-corrected chi connectivity index (χ4v) is 6.90. The predicted octanol–water partition coefficient (Wildman–Crippen LogP) is 6.18. The molecule has 1 atom stereocenters. The fraction of sp³-hybridized carbons (Fsp3) is 0.206. The van der Waals surface area contributed by atoms with Gasteiger partial charge in [0, 0.05) is 33.2 Å². The van der Waals surface area contributed by atoms with Crippen molar-refractivity contribution in [2.45, 2.75) is 40.3 Å². The lowest BCUT2D eigenvalue weighted by Crippen LogP contribution is -2.39. The van der Waals surface area contributed by atoms with Gasteiger partial charge in [0.15, 0.2) is 4.80 Å². The molecule has 0 amide bonds. The third-order valence-electron chi connectivity index (χ3n) is 7.72. The van der Waals surface area contributed by atoms with Gasteiger partial charge in [-0.25, -0.2) is 9.79 Å². The van der Waals surface area contributed by atoms with Crippen LogP contribution in [0.15, 0.2) is 98.3 Å². The summed E-state index contributed by atoms with van der Waals surface area (Å²) in [4.78, 5) is 32.6. The lowest BCUT2D eigenvalue weighted by atomic mass is 9.95. The zero-order chi connectivity index (χ0) is 29.5. The van der Waals surface area contributed by atoms with Crippen molar-refractivity contribution in [3.05, 3.63) is 136 Å². The predicted molar refractivity (Wildman–Crippen MR) is 171 cm³/mol. The highest BCUT2D eigenvalue weighted by atomic mass is 79.9. The van der Waals surface area contributed by atoms with Gasteiger partial charge >= 0.3 is 5.97 Å². The quantitative estimate of drug-likeness (QED) is 0.208. The monoisotopic (exact) mass is 639 g/mol. The zero-order valence-corrected chi connectivity index (χ0v) is 26.3. The summed E-state index contributed by atoms with van der Waals surface area (Å²) < 4.78 is 11.0. The number of carbonyl (C=O) groups is 1. The second-order valence-electron chi connectivity index (χ2n) is 10.4. The van der Waals surface area contributed by atoms with E-state index in [1.807, 2.05) is 56.3 Å². The van der Waals surface area contributed by atoms with Crippen LogP contribution in [0.2, 0.25) is 0 Å². The molecule has 2 aromatic heterocycles. The second kappa shape index (κ2) is 11.3. The summed E-state index contributed by atoms with van der Waals surface area (Å²) in [5.41, 5.74) is 7.08. The van der Waals surface area contributed by atoms with E-state index in [0.29, 0.717) is 27.1 Å². The largest absolute Gasteiger partial charge is 0.463 e. The van der Waals surface area contributed by atoms with Crippen molar-refractivity contribution in [2.75, 3.05) is 6.61 Å². The molecule has 0 aliphatic carbocycles. The van der Waals surface area contributed by atoms with Crippen molar-refractivity contribution in [3.8, 4) is 0 Å². The Morgan fingerprint density at radius 2 is 1.74 bits per heavy atom. The van der Waals surface area contributed by atoms with Crippen molar-refractivity contribution < 1.29 is 9.53 Å². The van der Waals surface area contributed by atoms with Crippen molar-refractivity contribution in [1.29, 1.82) is 0 Å². The maximum atomic E-state index is 14.2. The maximum Gasteiger partial charge on any atom is 0.338 e. The third-order valence-corrected chi connectivity index (χ3v) is 9.23. The molecule has 6 rings (SSSR count). The molecule has 0 N–H and O–H groups in total. The number of hydrogen-bond donors (Lipinski definition) is 0. The Balaban J connectivity index is 1.54. The summed E-state index contributed by atoms with van der Waals surface area (Å²) in [5.74, 6) is -0.453. The van der Waals surface area contributed by atoms with Crippen LogP contribution in [0.1, 0.15) is 47.8 Å². The number of esters is 1. The molecular weight excluding hydrogens is 610 g/mol. The van der Waals surface area contributed by atoms with Gasteiger partial charge in [0.25, 0.3) is 5.56 Å². The lowest BCUT2D eigenvalue weighted by Gasteiger charge is -2.24. The van der Waals surface area contributed by atoms with Crippen molar-refractivity contribution >= 4 is 50.2 Å². The van der Waals surface area contributed by atoms with Crippen molar-refractivity contribution in [1.82, 2.24) is 9.13 Å². The van der Waals surface area contributed by atoms with E-state index in [9.17, 15) is 9.59 Å². The number of hydrogen-bond acceptors (Lipinski definition) is 5. The van der Waals surface area contributed by atoms with Crippen LogP contribution in [0.25, 0.3) is 17.0 Å². The molecule has 1 aliphatic rings. The second-order valence-corrected chi connectivity index (χ2v) is 12.4. The number of nitrogens with zero attached hydrogens (tertiary/aromatic N) is 3. The Labute approximate surface area is 256 Å². The number of ether oxygens (including phenoxy) is 1. The summed E-state index contributed by atoms with van der Waals surface area (Å²) in [5, 5.41) is 1.08.